The average Bonchev–Trinajstić information content (AvgIpc) is 2.38. The highest BCUT2D eigenvalue weighted by Crippen LogP contribution is 2.18. The van der Waals surface area contributed by atoms with Gasteiger partial charge < -0.3 is 5.32 Å². The molecule has 0 amide bonds. The molecule has 0 aliphatic rings. The highest BCUT2D eigenvalue weighted by molar-refractivity contribution is 7.92. The molecule has 0 radical (unpaired) electrons. The molecule has 0 aromatic heterocycles. The fraction of sp³-hybridized carbons (Fsp3) is 0.538. The van der Waals surface area contributed by atoms with Gasteiger partial charge in [0.05, 0.1) is 11.4 Å². The third-order valence-electron chi connectivity index (χ3n) is 2.70. The average molecular weight is 270 g/mol. The standard InChI is InChI=1S/C13H22N2O2S/c1-3-4-11-15(13-8-6-5-7-9-13)18(16,17)12-10-14-2/h5-9,14H,3-4,10-12H2,1-2H3. The minimum atomic E-state index is -3.24. The van der Waals surface area contributed by atoms with Crippen molar-refractivity contribution in [2.45, 2.75) is 19.8 Å². The van der Waals surface area contributed by atoms with Crippen LogP contribution in [0.1, 0.15) is 19.8 Å². The molecule has 1 N–H and O–H groups in total. The van der Waals surface area contributed by atoms with Crippen molar-refractivity contribution in [1.29, 1.82) is 0 Å². The van der Waals surface area contributed by atoms with Gasteiger partial charge in [-0.25, -0.2) is 8.42 Å². The van der Waals surface area contributed by atoms with E-state index in [1.165, 1.54) is 4.31 Å². The Hall–Kier alpha value is -1.07. The number of nitrogens with zero attached hydrogens (tertiary/aromatic N) is 1. The van der Waals surface area contributed by atoms with Crippen LogP contribution in [0.15, 0.2) is 30.3 Å². The van der Waals surface area contributed by atoms with Gasteiger partial charge in [-0.05, 0) is 25.6 Å². The van der Waals surface area contributed by atoms with Crippen LogP contribution in [0.2, 0.25) is 0 Å². The molecule has 0 saturated carbocycles. The van der Waals surface area contributed by atoms with Crippen LogP contribution in [-0.2, 0) is 10.0 Å². The van der Waals surface area contributed by atoms with E-state index in [0.29, 0.717) is 13.1 Å². The fourth-order valence-electron chi connectivity index (χ4n) is 1.67. The number of nitrogens with one attached hydrogen (secondary N) is 1. The fourth-order valence-corrected chi connectivity index (χ4v) is 3.20. The third kappa shape index (κ3) is 4.31. The highest BCUT2D eigenvalue weighted by Gasteiger charge is 2.21. The maximum atomic E-state index is 12.3. The smallest absolute Gasteiger partial charge is 0.236 e. The van der Waals surface area contributed by atoms with Crippen LogP contribution >= 0.6 is 0 Å². The lowest BCUT2D eigenvalue weighted by molar-refractivity contribution is 0.586. The number of rotatable bonds is 8. The Bertz CT molecular complexity index is 432. The van der Waals surface area contributed by atoms with Crippen LogP contribution in [0.4, 0.5) is 5.69 Å². The molecular formula is C13H22N2O2S. The summed E-state index contributed by atoms with van der Waals surface area (Å²) in [6, 6.07) is 9.30. The Morgan fingerprint density at radius 3 is 2.44 bits per heavy atom. The van der Waals surface area contributed by atoms with Gasteiger partial charge in [-0.3, -0.25) is 4.31 Å². The Kier molecular flexibility index (Phi) is 6.15. The Balaban J connectivity index is 2.91. The van der Waals surface area contributed by atoms with E-state index in [9.17, 15) is 8.42 Å². The Morgan fingerprint density at radius 1 is 1.22 bits per heavy atom. The lowest BCUT2D eigenvalue weighted by Gasteiger charge is -2.24. The lowest BCUT2D eigenvalue weighted by Crippen LogP contribution is -2.36. The van der Waals surface area contributed by atoms with Crippen LogP contribution in [0.25, 0.3) is 0 Å². The van der Waals surface area contributed by atoms with E-state index < -0.39 is 10.0 Å². The number of sulfonamides is 1. The Morgan fingerprint density at radius 2 is 1.89 bits per heavy atom. The maximum Gasteiger partial charge on any atom is 0.236 e. The van der Waals surface area contributed by atoms with E-state index in [1.54, 1.807) is 7.05 Å². The van der Waals surface area contributed by atoms with Gasteiger partial charge in [-0.1, -0.05) is 31.5 Å². The van der Waals surface area contributed by atoms with E-state index in [0.717, 1.165) is 18.5 Å². The van der Waals surface area contributed by atoms with Gasteiger partial charge in [-0.2, -0.15) is 0 Å². The van der Waals surface area contributed by atoms with Gasteiger partial charge in [0.25, 0.3) is 0 Å². The molecule has 0 heterocycles. The molecule has 0 fully saturated rings. The number of para-hydroxylation sites is 1. The first-order chi connectivity index (χ1) is 8.61. The predicted molar refractivity (Wildman–Crippen MR) is 76.4 cm³/mol. The molecular weight excluding hydrogens is 248 g/mol. The van der Waals surface area contributed by atoms with E-state index in [-0.39, 0.29) is 5.75 Å². The topological polar surface area (TPSA) is 49.4 Å². The quantitative estimate of drug-likeness (QED) is 0.784. The molecule has 18 heavy (non-hydrogen) atoms. The molecule has 5 heteroatoms. The van der Waals surface area contributed by atoms with E-state index in [4.69, 9.17) is 0 Å². The number of unbranched alkanes of at least 4 members (excludes halogenated alkanes) is 1. The molecule has 0 spiro atoms. The van der Waals surface area contributed by atoms with Gasteiger partial charge in [0.15, 0.2) is 0 Å². The zero-order valence-corrected chi connectivity index (χ0v) is 11.9. The van der Waals surface area contributed by atoms with Gasteiger partial charge in [-0.15, -0.1) is 0 Å². The normalized spacial score (nSPS) is 11.4. The van der Waals surface area contributed by atoms with Crippen molar-refractivity contribution < 1.29 is 8.42 Å². The summed E-state index contributed by atoms with van der Waals surface area (Å²) in [6.07, 6.45) is 1.85. The second kappa shape index (κ2) is 7.38. The molecule has 102 valence electrons. The first kappa shape index (κ1) is 15.0. The first-order valence-corrected chi connectivity index (χ1v) is 7.92. The van der Waals surface area contributed by atoms with Gasteiger partial charge in [0.1, 0.15) is 0 Å². The molecule has 1 aromatic rings. The third-order valence-corrected chi connectivity index (χ3v) is 4.49. The summed E-state index contributed by atoms with van der Waals surface area (Å²) in [6.45, 7) is 3.08. The SMILES string of the molecule is CCCCN(c1ccccc1)S(=O)(=O)CCNC. The molecule has 0 unspecified atom stereocenters. The van der Waals surface area contributed by atoms with Crippen LogP contribution in [-0.4, -0.2) is 34.3 Å². The van der Waals surface area contributed by atoms with Crippen LogP contribution in [0.3, 0.4) is 0 Å². The molecule has 1 aromatic carbocycles. The summed E-state index contributed by atoms with van der Waals surface area (Å²) in [5, 5.41) is 2.88. The summed E-state index contributed by atoms with van der Waals surface area (Å²) in [7, 11) is -1.48. The zero-order valence-electron chi connectivity index (χ0n) is 11.1. The second-order valence-electron chi connectivity index (χ2n) is 4.18. The zero-order chi connectivity index (χ0) is 13.4. The van der Waals surface area contributed by atoms with Gasteiger partial charge in [0, 0.05) is 13.1 Å². The van der Waals surface area contributed by atoms with Crippen LogP contribution < -0.4 is 9.62 Å². The van der Waals surface area contributed by atoms with Gasteiger partial charge >= 0.3 is 0 Å². The minimum absolute atomic E-state index is 0.127. The summed E-state index contributed by atoms with van der Waals surface area (Å²) < 4.78 is 26.1. The number of anilines is 1. The number of hydrogen-bond acceptors (Lipinski definition) is 3. The van der Waals surface area contributed by atoms with Crippen molar-refractivity contribution in [2.75, 3.05) is 30.2 Å². The molecule has 4 nitrogen and oxygen atoms in total. The Labute approximate surface area is 110 Å². The molecule has 0 atom stereocenters. The summed E-state index contributed by atoms with van der Waals surface area (Å²) in [5.74, 6) is 0.127. The highest BCUT2D eigenvalue weighted by atomic mass is 32.2. The largest absolute Gasteiger partial charge is 0.319 e. The first-order valence-electron chi connectivity index (χ1n) is 6.32. The summed E-state index contributed by atoms with van der Waals surface area (Å²) in [5.41, 5.74) is 0.752. The second-order valence-corrected chi connectivity index (χ2v) is 6.19. The van der Waals surface area contributed by atoms with Crippen molar-refractivity contribution in [1.82, 2.24) is 5.32 Å². The van der Waals surface area contributed by atoms with Crippen molar-refractivity contribution >= 4 is 15.7 Å². The monoisotopic (exact) mass is 270 g/mol. The molecule has 0 bridgehead atoms. The predicted octanol–water partition coefficient (Wildman–Crippen LogP) is 1.84. The molecule has 0 aliphatic carbocycles. The number of hydrogen-bond donors (Lipinski definition) is 1. The molecule has 0 aliphatic heterocycles. The van der Waals surface area contributed by atoms with Crippen LogP contribution in [0, 0.1) is 0 Å². The summed E-state index contributed by atoms with van der Waals surface area (Å²) >= 11 is 0. The van der Waals surface area contributed by atoms with Crippen molar-refractivity contribution in [3.05, 3.63) is 30.3 Å². The van der Waals surface area contributed by atoms with Gasteiger partial charge in [0.2, 0.25) is 10.0 Å². The summed E-state index contributed by atoms with van der Waals surface area (Å²) in [4.78, 5) is 0. The lowest BCUT2D eigenvalue weighted by atomic mass is 10.3. The van der Waals surface area contributed by atoms with Crippen molar-refractivity contribution in [3.8, 4) is 0 Å². The molecule has 1 rings (SSSR count). The van der Waals surface area contributed by atoms with E-state index in [2.05, 4.69) is 12.2 Å². The van der Waals surface area contributed by atoms with Crippen molar-refractivity contribution in [3.63, 3.8) is 0 Å². The maximum absolute atomic E-state index is 12.3. The molecule has 0 saturated heterocycles. The van der Waals surface area contributed by atoms with E-state index in [1.807, 2.05) is 30.3 Å². The van der Waals surface area contributed by atoms with Crippen LogP contribution in [0.5, 0.6) is 0 Å². The minimum Gasteiger partial charge on any atom is -0.319 e. The van der Waals surface area contributed by atoms with Crippen molar-refractivity contribution in [2.24, 2.45) is 0 Å². The van der Waals surface area contributed by atoms with E-state index >= 15 is 0 Å². The number of benzene rings is 1.